The van der Waals surface area contributed by atoms with Gasteiger partial charge < -0.3 is 5.11 Å². The number of hydrazone groups is 1. The van der Waals surface area contributed by atoms with Crippen molar-refractivity contribution in [2.24, 2.45) is 5.10 Å². The normalized spacial score (nSPS) is 11.1. The zero-order valence-electron chi connectivity index (χ0n) is 10.1. The van der Waals surface area contributed by atoms with Crippen molar-refractivity contribution in [1.29, 1.82) is 0 Å². The molecule has 0 unspecified atom stereocenters. The van der Waals surface area contributed by atoms with E-state index in [1.807, 2.05) is 30.3 Å². The van der Waals surface area contributed by atoms with E-state index in [9.17, 15) is 4.79 Å². The van der Waals surface area contributed by atoms with E-state index in [0.29, 0.717) is 5.69 Å². The van der Waals surface area contributed by atoms with Crippen molar-refractivity contribution in [1.82, 2.24) is 15.2 Å². The van der Waals surface area contributed by atoms with Crippen LogP contribution < -0.4 is 5.43 Å². The van der Waals surface area contributed by atoms with Crippen LogP contribution in [0.25, 0.3) is 11.3 Å². The number of carboxylic acid groups (broad SMARTS) is 1. The Kier molecular flexibility index (Phi) is 3.77. The summed E-state index contributed by atoms with van der Waals surface area (Å²) in [5.74, 6) is -0.971. The molecule has 0 saturated heterocycles. The van der Waals surface area contributed by atoms with Gasteiger partial charge in [-0.15, -0.1) is 10.2 Å². The van der Waals surface area contributed by atoms with Gasteiger partial charge in [-0.1, -0.05) is 30.3 Å². The maximum absolute atomic E-state index is 10.5. The first kappa shape index (κ1) is 12.6. The van der Waals surface area contributed by atoms with Gasteiger partial charge in [-0.3, -0.25) is 0 Å². The number of benzene rings is 1. The fourth-order valence-corrected chi connectivity index (χ4v) is 1.25. The van der Waals surface area contributed by atoms with Gasteiger partial charge in [-0.25, -0.2) is 15.2 Å². The summed E-state index contributed by atoms with van der Waals surface area (Å²) in [6.45, 7) is 1.36. The lowest BCUT2D eigenvalue weighted by molar-refractivity contribution is -0.129. The molecule has 1 heterocycles. The Morgan fingerprint density at radius 2 is 2.00 bits per heavy atom. The second kappa shape index (κ2) is 5.67. The quantitative estimate of drug-likeness (QED) is 0.634. The fraction of sp³-hybridized carbons (Fsp3) is 0.0833. The number of carboxylic acids is 1. The van der Waals surface area contributed by atoms with E-state index in [1.54, 1.807) is 0 Å². The van der Waals surface area contributed by atoms with E-state index >= 15 is 0 Å². The van der Waals surface area contributed by atoms with Gasteiger partial charge in [0.15, 0.2) is 0 Å². The van der Waals surface area contributed by atoms with Gasteiger partial charge in [0.25, 0.3) is 5.95 Å². The average Bonchev–Trinajstić information content (AvgIpc) is 2.46. The van der Waals surface area contributed by atoms with Crippen LogP contribution in [0, 0.1) is 0 Å². The molecule has 1 aromatic heterocycles. The minimum Gasteiger partial charge on any atom is -0.477 e. The SMILES string of the molecule is CC(=NNc1ncc(-c2ccccc2)nn1)C(=O)O. The molecule has 0 radical (unpaired) electrons. The summed E-state index contributed by atoms with van der Waals surface area (Å²) in [5, 5.41) is 20.0. The van der Waals surface area contributed by atoms with Crippen molar-refractivity contribution in [3.05, 3.63) is 36.5 Å². The second-order valence-electron chi connectivity index (χ2n) is 3.65. The molecule has 96 valence electrons. The Hall–Kier alpha value is -2.83. The maximum atomic E-state index is 10.5. The summed E-state index contributed by atoms with van der Waals surface area (Å²) < 4.78 is 0. The van der Waals surface area contributed by atoms with Gasteiger partial charge in [0.05, 0.1) is 6.20 Å². The van der Waals surface area contributed by atoms with Crippen molar-refractivity contribution in [2.75, 3.05) is 5.43 Å². The van der Waals surface area contributed by atoms with E-state index in [-0.39, 0.29) is 11.7 Å². The third-order valence-corrected chi connectivity index (χ3v) is 2.26. The number of anilines is 1. The van der Waals surface area contributed by atoms with Crippen LogP contribution in [0.2, 0.25) is 0 Å². The molecule has 0 aliphatic heterocycles. The van der Waals surface area contributed by atoms with E-state index in [0.717, 1.165) is 5.56 Å². The highest BCUT2D eigenvalue weighted by molar-refractivity contribution is 6.34. The summed E-state index contributed by atoms with van der Waals surface area (Å²) in [6.07, 6.45) is 1.54. The molecule has 0 aliphatic carbocycles. The number of nitrogens with zero attached hydrogens (tertiary/aromatic N) is 4. The molecular formula is C12H11N5O2. The molecular weight excluding hydrogens is 246 g/mol. The molecule has 0 bridgehead atoms. The molecule has 0 amide bonds. The Balaban J connectivity index is 2.11. The second-order valence-corrected chi connectivity index (χ2v) is 3.65. The van der Waals surface area contributed by atoms with Crippen molar-refractivity contribution >= 4 is 17.6 Å². The third-order valence-electron chi connectivity index (χ3n) is 2.26. The Morgan fingerprint density at radius 1 is 1.26 bits per heavy atom. The molecule has 19 heavy (non-hydrogen) atoms. The van der Waals surface area contributed by atoms with E-state index in [2.05, 4.69) is 25.7 Å². The fourth-order valence-electron chi connectivity index (χ4n) is 1.25. The highest BCUT2D eigenvalue weighted by atomic mass is 16.4. The highest BCUT2D eigenvalue weighted by Gasteiger charge is 2.03. The van der Waals surface area contributed by atoms with E-state index in [1.165, 1.54) is 13.1 Å². The molecule has 0 fully saturated rings. The number of rotatable bonds is 4. The molecule has 0 spiro atoms. The lowest BCUT2D eigenvalue weighted by Gasteiger charge is -2.01. The van der Waals surface area contributed by atoms with Crippen molar-refractivity contribution in [3.8, 4) is 11.3 Å². The molecule has 7 heteroatoms. The highest BCUT2D eigenvalue weighted by Crippen LogP contribution is 2.14. The summed E-state index contributed by atoms with van der Waals surface area (Å²) >= 11 is 0. The van der Waals surface area contributed by atoms with Crippen molar-refractivity contribution < 1.29 is 9.90 Å². The number of aromatic nitrogens is 3. The van der Waals surface area contributed by atoms with Crippen LogP contribution in [0.1, 0.15) is 6.92 Å². The Morgan fingerprint density at radius 3 is 2.58 bits per heavy atom. The standard InChI is InChI=1S/C12H11N5O2/c1-8(11(18)19)14-16-12-13-7-10(15-17-12)9-5-3-2-4-6-9/h2-7H,1H3,(H,18,19)(H,13,16,17). The number of carbonyl (C=O) groups is 1. The van der Waals surface area contributed by atoms with Gasteiger partial charge in [0, 0.05) is 5.56 Å². The van der Waals surface area contributed by atoms with Crippen LogP contribution in [0.15, 0.2) is 41.6 Å². The van der Waals surface area contributed by atoms with Crippen LogP contribution in [0.5, 0.6) is 0 Å². The first-order chi connectivity index (χ1) is 9.16. The molecule has 0 aliphatic rings. The van der Waals surface area contributed by atoms with Crippen LogP contribution >= 0.6 is 0 Å². The monoisotopic (exact) mass is 257 g/mol. The number of nitrogens with one attached hydrogen (secondary N) is 1. The predicted molar refractivity (Wildman–Crippen MR) is 69.6 cm³/mol. The summed E-state index contributed by atoms with van der Waals surface area (Å²) in [7, 11) is 0. The van der Waals surface area contributed by atoms with Crippen LogP contribution in [-0.2, 0) is 4.79 Å². The van der Waals surface area contributed by atoms with Crippen molar-refractivity contribution in [2.45, 2.75) is 6.92 Å². The predicted octanol–water partition coefficient (Wildman–Crippen LogP) is 1.41. The Bertz CT molecular complexity index is 595. The first-order valence-corrected chi connectivity index (χ1v) is 5.45. The number of aliphatic carboxylic acids is 1. The molecule has 0 atom stereocenters. The maximum Gasteiger partial charge on any atom is 0.351 e. The molecule has 2 rings (SSSR count). The molecule has 2 N–H and O–H groups in total. The topological polar surface area (TPSA) is 100 Å². The molecule has 0 saturated carbocycles. The van der Waals surface area contributed by atoms with E-state index < -0.39 is 5.97 Å². The van der Waals surface area contributed by atoms with Gasteiger partial charge in [-0.2, -0.15) is 5.10 Å². The van der Waals surface area contributed by atoms with Gasteiger partial charge in [0.1, 0.15) is 11.4 Å². The zero-order valence-corrected chi connectivity index (χ0v) is 10.1. The largest absolute Gasteiger partial charge is 0.477 e. The summed E-state index contributed by atoms with van der Waals surface area (Å²) in [6, 6.07) is 9.48. The van der Waals surface area contributed by atoms with E-state index in [4.69, 9.17) is 5.11 Å². The third kappa shape index (κ3) is 3.32. The lowest BCUT2D eigenvalue weighted by Crippen LogP contribution is -2.11. The number of hydrogen-bond donors (Lipinski definition) is 2. The van der Waals surface area contributed by atoms with Gasteiger partial charge >= 0.3 is 5.97 Å². The average molecular weight is 257 g/mol. The van der Waals surface area contributed by atoms with Crippen LogP contribution in [0.4, 0.5) is 5.95 Å². The molecule has 7 nitrogen and oxygen atoms in total. The van der Waals surface area contributed by atoms with Gasteiger partial charge in [-0.05, 0) is 6.92 Å². The summed E-state index contributed by atoms with van der Waals surface area (Å²) in [5.41, 5.74) is 3.87. The van der Waals surface area contributed by atoms with Gasteiger partial charge in [0.2, 0.25) is 0 Å². The molecule has 1 aromatic carbocycles. The van der Waals surface area contributed by atoms with Crippen LogP contribution in [-0.4, -0.2) is 32.0 Å². The Labute approximate surface area is 109 Å². The number of hydrogen-bond acceptors (Lipinski definition) is 6. The van der Waals surface area contributed by atoms with Crippen molar-refractivity contribution in [3.63, 3.8) is 0 Å². The van der Waals surface area contributed by atoms with Crippen LogP contribution in [0.3, 0.4) is 0 Å². The minimum absolute atomic E-state index is 0.0873. The smallest absolute Gasteiger partial charge is 0.351 e. The molecule has 2 aromatic rings. The zero-order chi connectivity index (χ0) is 13.7. The first-order valence-electron chi connectivity index (χ1n) is 5.45. The summed E-state index contributed by atoms with van der Waals surface area (Å²) in [4.78, 5) is 14.5. The lowest BCUT2D eigenvalue weighted by atomic mass is 10.2. The minimum atomic E-state index is -1.11.